The van der Waals surface area contributed by atoms with Crippen molar-refractivity contribution in [2.75, 3.05) is 17.6 Å². The van der Waals surface area contributed by atoms with Crippen LogP contribution in [0.1, 0.15) is 37.6 Å². The van der Waals surface area contributed by atoms with E-state index in [2.05, 4.69) is 10.6 Å². The van der Waals surface area contributed by atoms with Crippen LogP contribution in [0.5, 0.6) is 0 Å². The fourth-order valence-electron chi connectivity index (χ4n) is 1.70. The summed E-state index contributed by atoms with van der Waals surface area (Å²) in [5, 5.41) is 14.8. The van der Waals surface area contributed by atoms with Gasteiger partial charge in [0, 0.05) is 18.5 Å². The lowest BCUT2D eigenvalue weighted by Crippen LogP contribution is -2.41. The van der Waals surface area contributed by atoms with Crippen molar-refractivity contribution < 1.29 is 14.7 Å². The van der Waals surface area contributed by atoms with E-state index in [0.29, 0.717) is 12.2 Å². The number of anilines is 2. The van der Waals surface area contributed by atoms with Gasteiger partial charge in [-0.05, 0) is 32.9 Å². The zero-order valence-corrected chi connectivity index (χ0v) is 12.0. The Morgan fingerprint density at radius 2 is 1.95 bits per heavy atom. The van der Waals surface area contributed by atoms with Crippen LogP contribution in [-0.2, 0) is 4.79 Å². The number of nitrogen functional groups attached to an aromatic ring is 1. The summed E-state index contributed by atoms with van der Waals surface area (Å²) >= 11 is 0. The van der Waals surface area contributed by atoms with Gasteiger partial charge in [-0.1, -0.05) is 6.07 Å². The zero-order valence-electron chi connectivity index (χ0n) is 12.0. The number of hydrogen-bond acceptors (Lipinski definition) is 4. The third-order valence-electron chi connectivity index (χ3n) is 2.52. The van der Waals surface area contributed by atoms with Gasteiger partial charge in [0.05, 0.1) is 16.9 Å². The summed E-state index contributed by atoms with van der Waals surface area (Å²) in [4.78, 5) is 22.6. The molecule has 0 saturated carbocycles. The normalized spacial score (nSPS) is 10.9. The van der Waals surface area contributed by atoms with E-state index >= 15 is 0 Å². The topological polar surface area (TPSA) is 104 Å². The minimum absolute atomic E-state index is 0.0501. The van der Waals surface area contributed by atoms with Gasteiger partial charge in [-0.3, -0.25) is 4.79 Å². The van der Waals surface area contributed by atoms with Gasteiger partial charge in [0.25, 0.3) is 0 Å². The Morgan fingerprint density at radius 3 is 2.50 bits per heavy atom. The summed E-state index contributed by atoms with van der Waals surface area (Å²) in [6.45, 7) is 6.11. The monoisotopic (exact) mass is 279 g/mol. The van der Waals surface area contributed by atoms with E-state index in [1.165, 1.54) is 6.07 Å². The molecule has 0 saturated heterocycles. The highest BCUT2D eigenvalue weighted by atomic mass is 16.4. The van der Waals surface area contributed by atoms with Crippen molar-refractivity contribution in [3.63, 3.8) is 0 Å². The van der Waals surface area contributed by atoms with Crippen LogP contribution in [0.3, 0.4) is 0 Å². The molecule has 0 spiro atoms. The number of nitrogens with one attached hydrogen (secondary N) is 2. The van der Waals surface area contributed by atoms with E-state index in [1.54, 1.807) is 12.1 Å². The number of benzene rings is 1. The molecule has 1 amide bonds. The van der Waals surface area contributed by atoms with Crippen molar-refractivity contribution in [2.45, 2.75) is 32.7 Å². The van der Waals surface area contributed by atoms with Crippen LogP contribution in [0.4, 0.5) is 11.4 Å². The fourth-order valence-corrected chi connectivity index (χ4v) is 1.70. The van der Waals surface area contributed by atoms with Crippen LogP contribution in [-0.4, -0.2) is 29.1 Å². The van der Waals surface area contributed by atoms with Crippen LogP contribution in [0.15, 0.2) is 18.2 Å². The van der Waals surface area contributed by atoms with E-state index in [4.69, 9.17) is 10.8 Å². The van der Waals surface area contributed by atoms with Gasteiger partial charge in [0.1, 0.15) is 0 Å². The van der Waals surface area contributed by atoms with Crippen molar-refractivity contribution in [2.24, 2.45) is 0 Å². The summed E-state index contributed by atoms with van der Waals surface area (Å²) in [7, 11) is 0. The summed E-state index contributed by atoms with van der Waals surface area (Å²) in [6, 6.07) is 4.73. The molecule has 110 valence electrons. The van der Waals surface area contributed by atoms with Crippen LogP contribution < -0.4 is 16.4 Å². The van der Waals surface area contributed by atoms with Crippen molar-refractivity contribution in [3.8, 4) is 0 Å². The molecule has 0 unspecified atom stereocenters. The first-order chi connectivity index (χ1) is 9.20. The Kier molecular flexibility index (Phi) is 4.96. The number of carbonyl (C=O) groups is 2. The highest BCUT2D eigenvalue weighted by molar-refractivity contribution is 5.97. The highest BCUT2D eigenvalue weighted by Crippen LogP contribution is 2.22. The summed E-state index contributed by atoms with van der Waals surface area (Å²) in [5.74, 6) is -1.14. The molecule has 20 heavy (non-hydrogen) atoms. The van der Waals surface area contributed by atoms with Gasteiger partial charge in [-0.2, -0.15) is 0 Å². The second-order valence-electron chi connectivity index (χ2n) is 5.55. The van der Waals surface area contributed by atoms with Gasteiger partial charge in [0.2, 0.25) is 5.91 Å². The molecule has 1 rings (SSSR count). The molecule has 6 heteroatoms. The summed E-state index contributed by atoms with van der Waals surface area (Å²) in [6.07, 6.45) is 0.286. The van der Waals surface area contributed by atoms with E-state index in [1.807, 2.05) is 20.8 Å². The van der Waals surface area contributed by atoms with E-state index in [-0.39, 0.29) is 29.1 Å². The molecule has 0 heterocycles. The summed E-state index contributed by atoms with van der Waals surface area (Å²) in [5.41, 5.74) is 6.24. The number of hydrogen-bond donors (Lipinski definition) is 4. The standard InChI is InChI=1S/C14H21N3O3/c1-14(2,3)17-11(18)7-8-16-10-6-4-5-9(12(10)15)13(19)20/h4-6,16H,7-8,15H2,1-3H3,(H,17,18)(H,19,20). The van der Waals surface area contributed by atoms with Gasteiger partial charge in [-0.15, -0.1) is 0 Å². The number of aromatic carboxylic acids is 1. The number of carbonyl (C=O) groups excluding carboxylic acids is 1. The number of carboxylic acids is 1. The predicted octanol–water partition coefficient (Wildman–Crippen LogP) is 1.68. The van der Waals surface area contributed by atoms with Crippen LogP contribution in [0.2, 0.25) is 0 Å². The molecule has 5 N–H and O–H groups in total. The molecule has 0 aliphatic rings. The Balaban J connectivity index is 2.57. The van der Waals surface area contributed by atoms with E-state index < -0.39 is 5.97 Å². The first-order valence-corrected chi connectivity index (χ1v) is 6.37. The predicted molar refractivity (Wildman–Crippen MR) is 78.8 cm³/mol. The molecule has 0 radical (unpaired) electrons. The number of carboxylic acid groups (broad SMARTS) is 1. The Bertz CT molecular complexity index is 507. The van der Waals surface area contributed by atoms with Crippen molar-refractivity contribution in [1.82, 2.24) is 5.32 Å². The number of rotatable bonds is 5. The van der Waals surface area contributed by atoms with Crippen molar-refractivity contribution in [3.05, 3.63) is 23.8 Å². The third-order valence-corrected chi connectivity index (χ3v) is 2.52. The average molecular weight is 279 g/mol. The SMILES string of the molecule is CC(C)(C)NC(=O)CCNc1cccc(C(=O)O)c1N. The number of nitrogens with two attached hydrogens (primary N) is 1. The molecule has 0 bridgehead atoms. The maximum atomic E-state index is 11.6. The van der Waals surface area contributed by atoms with Crippen molar-refractivity contribution >= 4 is 23.3 Å². The molecule has 0 atom stereocenters. The Morgan fingerprint density at radius 1 is 1.30 bits per heavy atom. The van der Waals surface area contributed by atoms with Gasteiger partial charge in [0.15, 0.2) is 0 Å². The Hall–Kier alpha value is -2.24. The first-order valence-electron chi connectivity index (χ1n) is 6.37. The van der Waals surface area contributed by atoms with E-state index in [0.717, 1.165) is 0 Å². The minimum atomic E-state index is -1.07. The second kappa shape index (κ2) is 6.27. The Labute approximate surface area is 118 Å². The quantitative estimate of drug-likeness (QED) is 0.614. The molecule has 1 aromatic rings. The van der Waals surface area contributed by atoms with Gasteiger partial charge >= 0.3 is 5.97 Å². The van der Waals surface area contributed by atoms with Crippen LogP contribution in [0, 0.1) is 0 Å². The van der Waals surface area contributed by atoms with Crippen molar-refractivity contribution in [1.29, 1.82) is 0 Å². The lowest BCUT2D eigenvalue weighted by molar-refractivity contribution is -0.122. The number of para-hydroxylation sites is 1. The highest BCUT2D eigenvalue weighted by Gasteiger charge is 2.14. The lowest BCUT2D eigenvalue weighted by atomic mass is 10.1. The molecule has 6 nitrogen and oxygen atoms in total. The van der Waals surface area contributed by atoms with Gasteiger partial charge in [-0.25, -0.2) is 4.79 Å². The smallest absolute Gasteiger partial charge is 0.337 e. The average Bonchev–Trinajstić information content (AvgIpc) is 2.28. The van der Waals surface area contributed by atoms with Gasteiger partial charge < -0.3 is 21.5 Å². The molecule has 0 aromatic heterocycles. The largest absolute Gasteiger partial charge is 0.478 e. The summed E-state index contributed by atoms with van der Waals surface area (Å²) < 4.78 is 0. The molecular formula is C14H21N3O3. The first kappa shape index (κ1) is 15.8. The molecule has 0 aliphatic carbocycles. The van der Waals surface area contributed by atoms with Crippen LogP contribution in [0.25, 0.3) is 0 Å². The second-order valence-corrected chi connectivity index (χ2v) is 5.55. The maximum absolute atomic E-state index is 11.6. The fraction of sp³-hybridized carbons (Fsp3) is 0.429. The molecule has 1 aromatic carbocycles. The molecule has 0 fully saturated rings. The maximum Gasteiger partial charge on any atom is 0.337 e. The van der Waals surface area contributed by atoms with Crippen LogP contribution >= 0.6 is 0 Å². The lowest BCUT2D eigenvalue weighted by Gasteiger charge is -2.20. The van der Waals surface area contributed by atoms with E-state index in [9.17, 15) is 9.59 Å². The molecular weight excluding hydrogens is 258 g/mol. The molecule has 0 aliphatic heterocycles. The zero-order chi connectivity index (χ0) is 15.3. The minimum Gasteiger partial charge on any atom is -0.478 e. The third kappa shape index (κ3) is 4.79. The number of amides is 1.